The van der Waals surface area contributed by atoms with Crippen LogP contribution in [0, 0.1) is 14.9 Å². The van der Waals surface area contributed by atoms with Gasteiger partial charge < -0.3 is 5.11 Å². The van der Waals surface area contributed by atoms with Crippen LogP contribution in [0.5, 0.6) is 0 Å². The van der Waals surface area contributed by atoms with Crippen molar-refractivity contribution in [3.8, 4) is 17.3 Å². The van der Waals surface area contributed by atoms with Crippen LogP contribution in [-0.4, -0.2) is 27.3 Å². The van der Waals surface area contributed by atoms with Gasteiger partial charge in [0.05, 0.1) is 17.5 Å². The molecule has 0 radical (unpaired) electrons. The fraction of sp³-hybridized carbons (Fsp3) is 0. The highest BCUT2D eigenvalue weighted by atomic mass is 127. The van der Waals surface area contributed by atoms with Crippen LogP contribution in [0.25, 0.3) is 11.3 Å². The Morgan fingerprint density at radius 2 is 2.04 bits per heavy atom. The summed E-state index contributed by atoms with van der Waals surface area (Å²) < 4.78 is 0.746. The summed E-state index contributed by atoms with van der Waals surface area (Å²) in [6, 6.07) is 15.5. The van der Waals surface area contributed by atoms with Crippen LogP contribution < -0.4 is 11.0 Å². The fourth-order valence-corrected chi connectivity index (χ4v) is 3.11. The minimum absolute atomic E-state index is 0.0585. The number of hydrogen-bond acceptors (Lipinski definition) is 6. The van der Waals surface area contributed by atoms with Gasteiger partial charge in [0, 0.05) is 9.13 Å². The zero-order valence-corrected chi connectivity index (χ0v) is 16.3. The molecule has 138 valence electrons. The highest BCUT2D eigenvalue weighted by Gasteiger charge is 2.12. The fourth-order valence-electron chi connectivity index (χ4n) is 2.41. The molecule has 1 heterocycles. The molecule has 1 aromatic heterocycles. The number of hydrogen-bond donors (Lipinski definition) is 3. The van der Waals surface area contributed by atoms with E-state index in [2.05, 4.69) is 20.5 Å². The number of rotatable bonds is 5. The summed E-state index contributed by atoms with van der Waals surface area (Å²) in [6.45, 7) is 0. The lowest BCUT2D eigenvalue weighted by atomic mass is 10.1. The summed E-state index contributed by atoms with van der Waals surface area (Å²) in [5.74, 6) is -0.977. The Morgan fingerprint density at radius 3 is 2.71 bits per heavy atom. The number of hydrazone groups is 1. The van der Waals surface area contributed by atoms with Crippen molar-refractivity contribution in [1.29, 1.82) is 5.26 Å². The molecule has 0 saturated heterocycles. The number of nitrogens with one attached hydrogen (secondary N) is 2. The molecular formula is C19H12IN5O3. The number of H-pyrrole nitrogens is 1. The van der Waals surface area contributed by atoms with E-state index in [4.69, 9.17) is 5.11 Å². The lowest BCUT2D eigenvalue weighted by Gasteiger charge is -2.06. The molecule has 3 aromatic rings. The first-order valence-corrected chi connectivity index (χ1v) is 8.98. The van der Waals surface area contributed by atoms with Crippen LogP contribution in [0.1, 0.15) is 21.5 Å². The lowest BCUT2D eigenvalue weighted by Crippen LogP contribution is -2.16. The summed E-state index contributed by atoms with van der Waals surface area (Å²) >= 11 is 2.01. The van der Waals surface area contributed by atoms with E-state index >= 15 is 0 Å². The van der Waals surface area contributed by atoms with Crippen molar-refractivity contribution < 1.29 is 9.90 Å². The molecule has 0 unspecified atom stereocenters. The second-order valence-corrected chi connectivity index (χ2v) is 6.81. The second kappa shape index (κ2) is 8.45. The van der Waals surface area contributed by atoms with Crippen LogP contribution >= 0.6 is 22.6 Å². The maximum atomic E-state index is 12.2. The summed E-state index contributed by atoms with van der Waals surface area (Å²) in [7, 11) is 0. The zero-order valence-electron chi connectivity index (χ0n) is 14.2. The van der Waals surface area contributed by atoms with Gasteiger partial charge in [-0.25, -0.2) is 15.2 Å². The number of carboxylic acids is 1. The molecule has 0 amide bonds. The largest absolute Gasteiger partial charge is 0.478 e. The third-order valence-corrected chi connectivity index (χ3v) is 4.25. The molecule has 3 rings (SSSR count). The van der Waals surface area contributed by atoms with Crippen molar-refractivity contribution in [1.82, 2.24) is 9.97 Å². The Bertz CT molecular complexity index is 1170. The summed E-state index contributed by atoms with van der Waals surface area (Å²) in [5, 5.41) is 22.4. The molecule has 28 heavy (non-hydrogen) atoms. The topological polar surface area (TPSA) is 131 Å². The van der Waals surface area contributed by atoms with Crippen LogP contribution in [0.15, 0.2) is 58.4 Å². The van der Waals surface area contributed by atoms with Gasteiger partial charge in [0.25, 0.3) is 5.56 Å². The van der Waals surface area contributed by atoms with E-state index in [0.717, 1.165) is 3.57 Å². The molecule has 0 aliphatic carbocycles. The van der Waals surface area contributed by atoms with E-state index in [1.807, 2.05) is 34.7 Å². The number of aromatic amines is 1. The second-order valence-electron chi connectivity index (χ2n) is 5.56. The molecule has 0 aliphatic heterocycles. The van der Waals surface area contributed by atoms with Crippen LogP contribution in [0.4, 0.5) is 5.95 Å². The zero-order chi connectivity index (χ0) is 20.1. The Morgan fingerprint density at radius 1 is 1.29 bits per heavy atom. The van der Waals surface area contributed by atoms with Crippen molar-refractivity contribution >= 4 is 40.7 Å². The van der Waals surface area contributed by atoms with Gasteiger partial charge in [0.15, 0.2) is 0 Å². The number of nitriles is 1. The van der Waals surface area contributed by atoms with Crippen molar-refractivity contribution in [2.45, 2.75) is 0 Å². The average Bonchev–Trinajstić information content (AvgIpc) is 2.68. The van der Waals surface area contributed by atoms with Gasteiger partial charge in [-0.1, -0.05) is 30.3 Å². The number of nitrogens with zero attached hydrogens (tertiary/aromatic N) is 3. The summed E-state index contributed by atoms with van der Waals surface area (Å²) in [6.07, 6.45) is 1.41. The number of halogens is 1. The third kappa shape index (κ3) is 4.41. The van der Waals surface area contributed by atoms with Gasteiger partial charge >= 0.3 is 5.97 Å². The van der Waals surface area contributed by atoms with Gasteiger partial charge in [-0.05, 0) is 46.4 Å². The first-order chi connectivity index (χ1) is 13.5. The number of benzene rings is 2. The molecule has 2 aromatic carbocycles. The van der Waals surface area contributed by atoms with E-state index < -0.39 is 11.5 Å². The lowest BCUT2D eigenvalue weighted by molar-refractivity contribution is 0.0696. The normalized spacial score (nSPS) is 10.6. The minimum atomic E-state index is -1.04. The van der Waals surface area contributed by atoms with Gasteiger partial charge in [-0.2, -0.15) is 10.4 Å². The van der Waals surface area contributed by atoms with E-state index in [9.17, 15) is 14.9 Å². The molecule has 0 aliphatic rings. The van der Waals surface area contributed by atoms with Crippen molar-refractivity contribution in [2.75, 3.05) is 5.43 Å². The van der Waals surface area contributed by atoms with E-state index in [1.54, 1.807) is 36.4 Å². The van der Waals surface area contributed by atoms with Crippen LogP contribution in [-0.2, 0) is 0 Å². The predicted molar refractivity (Wildman–Crippen MR) is 112 cm³/mol. The Labute approximate surface area is 172 Å². The van der Waals surface area contributed by atoms with E-state index in [-0.39, 0.29) is 22.8 Å². The molecule has 0 bridgehead atoms. The molecule has 0 fully saturated rings. The number of anilines is 1. The van der Waals surface area contributed by atoms with E-state index in [1.165, 1.54) is 12.3 Å². The summed E-state index contributed by atoms with van der Waals surface area (Å²) in [4.78, 5) is 30.0. The van der Waals surface area contributed by atoms with Gasteiger partial charge in [-0.3, -0.25) is 9.78 Å². The molecule has 0 saturated carbocycles. The van der Waals surface area contributed by atoms with Gasteiger partial charge in [-0.15, -0.1) is 0 Å². The minimum Gasteiger partial charge on any atom is -0.478 e. The molecular weight excluding hydrogens is 473 g/mol. The maximum Gasteiger partial charge on any atom is 0.335 e. The standard InChI is InChI=1S/C19H12IN5O3/c20-14-7-11(6-13(8-14)18(27)28)10-22-25-19-23-16(12-4-2-1-3-5-12)15(9-21)17(26)24-19/h1-8,10H,(H,27,28)(H2,23,24,25,26). The van der Waals surface area contributed by atoms with E-state index in [0.29, 0.717) is 11.1 Å². The highest BCUT2D eigenvalue weighted by molar-refractivity contribution is 14.1. The Hall–Kier alpha value is -3.52. The Balaban J connectivity index is 1.91. The maximum absolute atomic E-state index is 12.2. The molecule has 8 nitrogen and oxygen atoms in total. The number of aromatic carboxylic acids is 1. The van der Waals surface area contributed by atoms with Crippen LogP contribution in [0.3, 0.4) is 0 Å². The molecule has 0 spiro atoms. The van der Waals surface area contributed by atoms with Crippen molar-refractivity contribution in [3.05, 3.63) is 79.1 Å². The average molecular weight is 485 g/mol. The SMILES string of the molecule is N#Cc1c(-c2ccccc2)nc(NN=Cc2cc(I)cc(C(=O)O)c2)[nH]c1=O. The highest BCUT2D eigenvalue weighted by Crippen LogP contribution is 2.19. The summed E-state index contributed by atoms with van der Waals surface area (Å²) in [5.41, 5.74) is 3.50. The van der Waals surface area contributed by atoms with Crippen molar-refractivity contribution in [3.63, 3.8) is 0 Å². The first-order valence-electron chi connectivity index (χ1n) is 7.90. The van der Waals surface area contributed by atoms with Gasteiger partial charge in [0.1, 0.15) is 11.6 Å². The van der Waals surface area contributed by atoms with Crippen molar-refractivity contribution in [2.24, 2.45) is 5.10 Å². The molecule has 0 atom stereocenters. The predicted octanol–water partition coefficient (Wildman–Crippen LogP) is 3.06. The third-order valence-electron chi connectivity index (χ3n) is 3.63. The smallest absolute Gasteiger partial charge is 0.335 e. The monoisotopic (exact) mass is 485 g/mol. The van der Waals surface area contributed by atoms with Crippen LogP contribution in [0.2, 0.25) is 0 Å². The first kappa shape index (κ1) is 19.2. The Kier molecular flexibility index (Phi) is 5.81. The number of carboxylic acid groups (broad SMARTS) is 1. The quantitative estimate of drug-likeness (QED) is 0.289. The number of carbonyl (C=O) groups is 1. The molecule has 3 N–H and O–H groups in total. The van der Waals surface area contributed by atoms with Gasteiger partial charge in [0.2, 0.25) is 5.95 Å². The molecule has 9 heteroatoms. The number of aromatic nitrogens is 2.